The summed E-state index contributed by atoms with van der Waals surface area (Å²) >= 11 is 0. The third kappa shape index (κ3) is 7.81. The number of nitrogens with zero attached hydrogens (tertiary/aromatic N) is 6. The number of fused-ring (bicyclic) bond motifs is 1. The highest BCUT2D eigenvalue weighted by Gasteiger charge is 2.29. The normalized spacial score (nSPS) is 14.0. The molecule has 2 N–H and O–H groups in total. The van der Waals surface area contributed by atoms with Gasteiger partial charge in [0.25, 0.3) is 21.5 Å². The summed E-state index contributed by atoms with van der Waals surface area (Å²) in [6, 6.07) is 12.8. The van der Waals surface area contributed by atoms with Gasteiger partial charge >= 0.3 is 11.7 Å². The number of aromatic nitrogens is 6. The Morgan fingerprint density at radius 2 is 1.64 bits per heavy atom. The van der Waals surface area contributed by atoms with Crippen LogP contribution < -0.4 is 21.3 Å². The molecule has 56 heavy (non-hydrogen) atoms. The number of amides is 1. The van der Waals surface area contributed by atoms with Crippen molar-refractivity contribution in [2.24, 2.45) is 7.05 Å². The van der Waals surface area contributed by atoms with Gasteiger partial charge in [0.1, 0.15) is 36.4 Å². The molecule has 0 spiro atoms. The zero-order valence-electron chi connectivity index (χ0n) is 29.8. The maximum atomic E-state index is 15.5. The van der Waals surface area contributed by atoms with Crippen LogP contribution in [0.15, 0.2) is 106 Å². The van der Waals surface area contributed by atoms with Gasteiger partial charge < -0.3 is 10.1 Å². The highest BCUT2D eigenvalue weighted by molar-refractivity contribution is 7.92. The number of rotatable bonds is 11. The monoisotopic (exact) mass is 784 g/mol. The van der Waals surface area contributed by atoms with E-state index in [1.807, 2.05) is 4.72 Å². The average molecular weight is 785 g/mol. The lowest BCUT2D eigenvalue weighted by Gasteiger charge is -2.25. The Balaban J connectivity index is 1.11. The maximum Gasteiger partial charge on any atom is 0.335 e. The van der Waals surface area contributed by atoms with Crippen molar-refractivity contribution in [1.29, 1.82) is 0 Å². The Morgan fingerprint density at radius 3 is 2.34 bits per heavy atom. The van der Waals surface area contributed by atoms with Gasteiger partial charge in [0, 0.05) is 25.7 Å². The first kappa shape index (κ1) is 37.7. The largest absolute Gasteiger partial charge is 0.461 e. The number of halogens is 2. The minimum absolute atomic E-state index is 0.147. The van der Waals surface area contributed by atoms with E-state index in [9.17, 15) is 27.6 Å². The predicted octanol–water partition coefficient (Wildman–Crippen LogP) is 3.96. The summed E-state index contributed by atoms with van der Waals surface area (Å²) in [6.07, 6.45) is 9.03. The number of carbonyl (C=O) groups excluding carboxylic acids is 2. The third-order valence-electron chi connectivity index (χ3n) is 9.51. The van der Waals surface area contributed by atoms with Gasteiger partial charge in [-0.3, -0.25) is 23.9 Å². The Labute approximate surface area is 317 Å². The van der Waals surface area contributed by atoms with E-state index < -0.39 is 62.1 Å². The number of hydrogen-bond acceptors (Lipinski definition) is 10. The van der Waals surface area contributed by atoms with E-state index in [0.29, 0.717) is 41.7 Å². The van der Waals surface area contributed by atoms with E-state index in [2.05, 4.69) is 20.4 Å². The fourth-order valence-corrected chi connectivity index (χ4v) is 7.58. The first-order valence-electron chi connectivity index (χ1n) is 17.5. The molecule has 15 nitrogen and oxygen atoms in total. The minimum Gasteiger partial charge on any atom is -0.461 e. The standard InChI is InChI=1S/C38H34F2N8O7S/c1-46-34-20-41-16-15-28(34)36(50)48(38(46)52)25-9-7-23(8-10-25)17-33(37(51)55-26-5-3-2-4-6-26)44-35(49)29-18-31(40)32(19-30(29)39)45-56(53,54)27-13-11-24(12-14-27)47-22-42-21-43-47/h7-16,18-22,26,33,45H,2-6,17H2,1H3,(H,44,49)/t33-/m0/s1. The molecule has 1 aliphatic rings. The number of hydrogen-bond donors (Lipinski definition) is 2. The Kier molecular flexibility index (Phi) is 10.6. The minimum atomic E-state index is -4.39. The van der Waals surface area contributed by atoms with Gasteiger partial charge in [0.2, 0.25) is 0 Å². The number of benzene rings is 3. The molecule has 7 rings (SSSR count). The van der Waals surface area contributed by atoms with Crippen molar-refractivity contribution in [3.63, 3.8) is 0 Å². The van der Waals surface area contributed by atoms with Gasteiger partial charge in [0.15, 0.2) is 0 Å². The molecule has 3 heterocycles. The van der Waals surface area contributed by atoms with Crippen molar-refractivity contribution in [3.8, 4) is 11.4 Å². The van der Waals surface area contributed by atoms with Gasteiger partial charge in [-0.15, -0.1) is 0 Å². The van der Waals surface area contributed by atoms with E-state index in [0.717, 1.165) is 23.8 Å². The zero-order chi connectivity index (χ0) is 39.6. The number of nitrogens with one attached hydrogen (secondary N) is 2. The van der Waals surface area contributed by atoms with Gasteiger partial charge in [-0.25, -0.2) is 41.0 Å². The molecule has 0 aliphatic heterocycles. The summed E-state index contributed by atoms with van der Waals surface area (Å²) in [5.74, 6) is -4.45. The van der Waals surface area contributed by atoms with Crippen molar-refractivity contribution in [3.05, 3.63) is 135 Å². The van der Waals surface area contributed by atoms with Crippen molar-refractivity contribution >= 4 is 38.5 Å². The van der Waals surface area contributed by atoms with Crippen LogP contribution in [-0.4, -0.2) is 61.3 Å². The highest BCUT2D eigenvalue weighted by atomic mass is 32.2. The molecule has 1 atom stereocenters. The molecule has 3 aromatic carbocycles. The second kappa shape index (κ2) is 15.7. The summed E-state index contributed by atoms with van der Waals surface area (Å²) in [6.45, 7) is 0. The van der Waals surface area contributed by atoms with E-state index in [1.54, 1.807) is 12.1 Å². The SMILES string of the molecule is Cn1c(=O)n(-c2ccc(C[C@H](NC(=O)c3cc(F)c(NS(=O)(=O)c4ccc(-n5cncn5)cc4)cc3F)C(=O)OC3CCCCC3)cc2)c(=O)c2ccncc21. The number of sulfonamides is 1. The highest BCUT2D eigenvalue weighted by Crippen LogP contribution is 2.25. The number of aryl methyl sites for hydroxylation is 1. The molecule has 1 aliphatic carbocycles. The molecule has 6 aromatic rings. The van der Waals surface area contributed by atoms with Gasteiger partial charge in [-0.1, -0.05) is 18.6 Å². The molecule has 0 bridgehead atoms. The van der Waals surface area contributed by atoms with Gasteiger partial charge in [0.05, 0.1) is 44.6 Å². The number of carbonyl (C=O) groups is 2. The van der Waals surface area contributed by atoms with Crippen LogP contribution in [0.25, 0.3) is 22.3 Å². The molecule has 1 amide bonds. The van der Waals surface area contributed by atoms with Crippen molar-refractivity contribution in [1.82, 2.24) is 34.2 Å². The maximum absolute atomic E-state index is 15.5. The quantitative estimate of drug-likeness (QED) is 0.182. The number of ether oxygens (including phenoxy) is 1. The fraction of sp³-hybridized carbons (Fsp3) is 0.237. The number of pyridine rings is 1. The molecule has 18 heteroatoms. The second-order valence-corrected chi connectivity index (χ2v) is 14.9. The van der Waals surface area contributed by atoms with E-state index in [1.165, 1.54) is 83.8 Å². The van der Waals surface area contributed by atoms with Crippen LogP contribution in [0.4, 0.5) is 14.5 Å². The summed E-state index contributed by atoms with van der Waals surface area (Å²) < 4.78 is 68.3. The summed E-state index contributed by atoms with van der Waals surface area (Å²) in [4.78, 5) is 61.0. The van der Waals surface area contributed by atoms with E-state index >= 15 is 8.78 Å². The number of anilines is 1. The third-order valence-corrected chi connectivity index (χ3v) is 10.9. The van der Waals surface area contributed by atoms with Crippen LogP contribution in [0.3, 0.4) is 0 Å². The van der Waals surface area contributed by atoms with Gasteiger partial charge in [-0.2, -0.15) is 5.10 Å². The lowest BCUT2D eigenvalue weighted by atomic mass is 9.97. The predicted molar refractivity (Wildman–Crippen MR) is 199 cm³/mol. The molecular weight excluding hydrogens is 751 g/mol. The van der Waals surface area contributed by atoms with Crippen LogP contribution in [-0.2, 0) is 33.0 Å². The first-order valence-corrected chi connectivity index (χ1v) is 19.0. The molecule has 0 unspecified atom stereocenters. The Bertz CT molecular complexity index is 2660. The molecule has 3 aromatic heterocycles. The topological polar surface area (TPSA) is 189 Å². The Hall–Kier alpha value is -6.56. The van der Waals surface area contributed by atoms with Crippen LogP contribution in [0.2, 0.25) is 0 Å². The van der Waals surface area contributed by atoms with E-state index in [-0.39, 0.29) is 28.5 Å². The molecule has 0 radical (unpaired) electrons. The second-order valence-electron chi connectivity index (χ2n) is 13.2. The summed E-state index contributed by atoms with van der Waals surface area (Å²) in [5.41, 5.74) is -1.07. The molecule has 0 saturated heterocycles. The summed E-state index contributed by atoms with van der Waals surface area (Å²) in [7, 11) is -2.87. The van der Waals surface area contributed by atoms with Crippen molar-refractivity contribution < 1.29 is 31.5 Å². The number of esters is 1. The smallest absolute Gasteiger partial charge is 0.335 e. The molecular formula is C38H34F2N8O7S. The lowest BCUT2D eigenvalue weighted by molar-refractivity contribution is -0.152. The zero-order valence-corrected chi connectivity index (χ0v) is 30.6. The lowest BCUT2D eigenvalue weighted by Crippen LogP contribution is -2.45. The Morgan fingerprint density at radius 1 is 0.929 bits per heavy atom. The van der Waals surface area contributed by atoms with Gasteiger partial charge in [-0.05, 0) is 79.8 Å². The van der Waals surface area contributed by atoms with Crippen molar-refractivity contribution in [2.45, 2.75) is 55.6 Å². The van der Waals surface area contributed by atoms with Crippen LogP contribution in [0.5, 0.6) is 0 Å². The molecule has 288 valence electrons. The molecule has 1 saturated carbocycles. The van der Waals surface area contributed by atoms with Crippen LogP contribution in [0, 0.1) is 11.6 Å². The first-order chi connectivity index (χ1) is 26.9. The molecule has 1 fully saturated rings. The van der Waals surface area contributed by atoms with Crippen LogP contribution >= 0.6 is 0 Å². The van der Waals surface area contributed by atoms with Crippen LogP contribution in [0.1, 0.15) is 48.0 Å². The fourth-order valence-electron chi connectivity index (χ4n) is 6.52. The average Bonchev–Trinajstić information content (AvgIpc) is 3.74. The van der Waals surface area contributed by atoms with E-state index in [4.69, 9.17) is 4.74 Å². The summed E-state index contributed by atoms with van der Waals surface area (Å²) in [5, 5.41) is 6.70. The van der Waals surface area contributed by atoms with Crippen molar-refractivity contribution in [2.75, 3.05) is 4.72 Å².